The number of likely N-dealkylation sites (tertiary alicyclic amines) is 1. The molecule has 154 valence electrons. The van der Waals surface area contributed by atoms with E-state index in [1.165, 1.54) is 6.07 Å². The second kappa shape index (κ2) is 8.61. The lowest BCUT2D eigenvalue weighted by Crippen LogP contribution is -2.39. The molecule has 3 aromatic rings. The SMILES string of the molecule is CN(C)c1ncc(-c2ccccc2F)c([C@@H]2CCCN(C(=O)c3ccccc3)C2)n1. The van der Waals surface area contributed by atoms with Gasteiger partial charge in [-0.25, -0.2) is 14.4 Å². The van der Waals surface area contributed by atoms with Crippen molar-refractivity contribution in [2.45, 2.75) is 18.8 Å². The molecule has 1 aliphatic heterocycles. The van der Waals surface area contributed by atoms with Crippen molar-refractivity contribution in [2.24, 2.45) is 0 Å². The topological polar surface area (TPSA) is 49.3 Å². The normalized spacial score (nSPS) is 16.4. The van der Waals surface area contributed by atoms with Crippen LogP contribution in [0.3, 0.4) is 0 Å². The van der Waals surface area contributed by atoms with Crippen LogP contribution in [0.25, 0.3) is 11.1 Å². The van der Waals surface area contributed by atoms with Crippen LogP contribution in [0.15, 0.2) is 60.8 Å². The van der Waals surface area contributed by atoms with E-state index in [4.69, 9.17) is 4.98 Å². The number of carbonyl (C=O) groups excluding carboxylic acids is 1. The Bertz CT molecular complexity index is 1040. The van der Waals surface area contributed by atoms with Gasteiger partial charge in [-0.1, -0.05) is 36.4 Å². The Morgan fingerprint density at radius 3 is 2.53 bits per heavy atom. The van der Waals surface area contributed by atoms with E-state index in [1.54, 1.807) is 18.3 Å². The van der Waals surface area contributed by atoms with Gasteiger partial charge in [0.25, 0.3) is 5.91 Å². The number of piperidine rings is 1. The highest BCUT2D eigenvalue weighted by Gasteiger charge is 2.29. The molecular formula is C24H25FN4O. The van der Waals surface area contributed by atoms with E-state index in [0.717, 1.165) is 18.5 Å². The van der Waals surface area contributed by atoms with Crippen LogP contribution in [0, 0.1) is 5.82 Å². The molecule has 0 N–H and O–H groups in total. The van der Waals surface area contributed by atoms with Gasteiger partial charge in [0.15, 0.2) is 0 Å². The molecule has 1 aliphatic rings. The maximum atomic E-state index is 14.6. The Morgan fingerprint density at radius 2 is 1.80 bits per heavy atom. The lowest BCUT2D eigenvalue weighted by Gasteiger charge is -2.33. The van der Waals surface area contributed by atoms with Gasteiger partial charge in [-0.15, -0.1) is 0 Å². The van der Waals surface area contributed by atoms with Crippen molar-refractivity contribution in [3.8, 4) is 11.1 Å². The first-order valence-corrected chi connectivity index (χ1v) is 10.2. The minimum absolute atomic E-state index is 0.0164. The number of halogens is 1. The lowest BCUT2D eigenvalue weighted by atomic mass is 9.89. The third-order valence-corrected chi connectivity index (χ3v) is 5.49. The molecule has 0 aliphatic carbocycles. The third kappa shape index (κ3) is 4.03. The fourth-order valence-electron chi connectivity index (χ4n) is 3.95. The zero-order valence-electron chi connectivity index (χ0n) is 17.3. The first-order chi connectivity index (χ1) is 14.5. The maximum absolute atomic E-state index is 14.6. The minimum atomic E-state index is -0.298. The second-order valence-electron chi connectivity index (χ2n) is 7.80. The van der Waals surface area contributed by atoms with Crippen molar-refractivity contribution in [2.75, 3.05) is 32.1 Å². The van der Waals surface area contributed by atoms with Crippen LogP contribution in [-0.2, 0) is 0 Å². The third-order valence-electron chi connectivity index (χ3n) is 5.49. The van der Waals surface area contributed by atoms with E-state index in [1.807, 2.05) is 60.3 Å². The molecule has 2 heterocycles. The van der Waals surface area contributed by atoms with Crippen molar-refractivity contribution in [1.29, 1.82) is 0 Å². The molecule has 1 atom stereocenters. The molecule has 6 heteroatoms. The van der Waals surface area contributed by atoms with Gasteiger partial charge in [-0.2, -0.15) is 0 Å². The van der Waals surface area contributed by atoms with Gasteiger partial charge < -0.3 is 9.80 Å². The van der Waals surface area contributed by atoms with Gasteiger partial charge in [0.05, 0.1) is 5.69 Å². The first-order valence-electron chi connectivity index (χ1n) is 10.2. The summed E-state index contributed by atoms with van der Waals surface area (Å²) < 4.78 is 14.6. The molecule has 0 saturated carbocycles. The van der Waals surface area contributed by atoms with Gasteiger partial charge >= 0.3 is 0 Å². The fourth-order valence-corrected chi connectivity index (χ4v) is 3.95. The van der Waals surface area contributed by atoms with Gasteiger partial charge in [0.1, 0.15) is 5.82 Å². The zero-order chi connectivity index (χ0) is 21.1. The average molecular weight is 404 g/mol. The highest BCUT2D eigenvalue weighted by Crippen LogP contribution is 2.35. The number of rotatable bonds is 4. The van der Waals surface area contributed by atoms with Crippen molar-refractivity contribution in [3.63, 3.8) is 0 Å². The Labute approximate surface area is 176 Å². The van der Waals surface area contributed by atoms with E-state index in [-0.39, 0.29) is 17.6 Å². The molecule has 30 heavy (non-hydrogen) atoms. The molecule has 1 aromatic heterocycles. The number of hydrogen-bond acceptors (Lipinski definition) is 4. The summed E-state index contributed by atoms with van der Waals surface area (Å²) in [5.74, 6) is 0.321. The van der Waals surface area contributed by atoms with E-state index in [2.05, 4.69) is 4.98 Å². The monoisotopic (exact) mass is 404 g/mol. The summed E-state index contributed by atoms with van der Waals surface area (Å²) >= 11 is 0. The molecule has 2 aromatic carbocycles. The molecular weight excluding hydrogens is 379 g/mol. The largest absolute Gasteiger partial charge is 0.347 e. The van der Waals surface area contributed by atoms with Crippen molar-refractivity contribution in [1.82, 2.24) is 14.9 Å². The summed E-state index contributed by atoms with van der Waals surface area (Å²) in [5, 5.41) is 0. The predicted octanol–water partition coefficient (Wildman–Crippen LogP) is 4.37. The van der Waals surface area contributed by atoms with Gasteiger partial charge in [0, 0.05) is 56.0 Å². The fraction of sp³-hybridized carbons (Fsp3) is 0.292. The standard InChI is InChI=1S/C24H25FN4O/c1-28(2)24-26-15-20(19-12-6-7-13-21(19)25)22(27-24)18-11-8-14-29(16-18)23(30)17-9-4-3-5-10-17/h3-7,9-10,12-13,15,18H,8,11,14,16H2,1-2H3/t18-/m1/s1. The second-order valence-corrected chi connectivity index (χ2v) is 7.80. The Kier molecular flexibility index (Phi) is 5.74. The summed E-state index contributed by atoms with van der Waals surface area (Å²) in [6, 6.07) is 16.0. The summed E-state index contributed by atoms with van der Waals surface area (Å²) in [7, 11) is 3.77. The van der Waals surface area contributed by atoms with Crippen molar-refractivity contribution >= 4 is 11.9 Å². The van der Waals surface area contributed by atoms with Gasteiger partial charge in [-0.05, 0) is 31.0 Å². The first kappa shape index (κ1) is 20.0. The molecule has 0 unspecified atom stereocenters. The number of nitrogens with zero attached hydrogens (tertiary/aromatic N) is 4. The molecule has 1 amide bonds. The van der Waals surface area contributed by atoms with Crippen molar-refractivity contribution in [3.05, 3.63) is 77.9 Å². The number of aromatic nitrogens is 2. The summed E-state index contributed by atoms with van der Waals surface area (Å²) in [4.78, 5) is 25.9. The maximum Gasteiger partial charge on any atom is 0.253 e. The molecule has 0 bridgehead atoms. The number of benzene rings is 2. The molecule has 1 fully saturated rings. The van der Waals surface area contributed by atoms with Gasteiger partial charge in [0.2, 0.25) is 5.95 Å². The highest BCUT2D eigenvalue weighted by molar-refractivity contribution is 5.94. The number of carbonyl (C=O) groups is 1. The van der Waals surface area contributed by atoms with Crippen molar-refractivity contribution < 1.29 is 9.18 Å². The van der Waals surface area contributed by atoms with Crippen LogP contribution in [0.5, 0.6) is 0 Å². The van der Waals surface area contributed by atoms with Gasteiger partial charge in [-0.3, -0.25) is 4.79 Å². The molecule has 0 spiro atoms. The number of amides is 1. The van der Waals surface area contributed by atoms with Crippen LogP contribution in [0.1, 0.15) is 34.8 Å². The van der Waals surface area contributed by atoms with Crippen LogP contribution in [0.2, 0.25) is 0 Å². The summed E-state index contributed by atoms with van der Waals surface area (Å²) in [5.41, 5.74) is 2.66. The quantitative estimate of drug-likeness (QED) is 0.648. The molecule has 4 rings (SSSR count). The summed E-state index contributed by atoms with van der Waals surface area (Å²) in [6.07, 6.45) is 3.47. The predicted molar refractivity (Wildman–Crippen MR) is 116 cm³/mol. The minimum Gasteiger partial charge on any atom is -0.347 e. The molecule has 0 radical (unpaired) electrons. The Balaban J connectivity index is 1.70. The smallest absolute Gasteiger partial charge is 0.253 e. The van der Waals surface area contributed by atoms with E-state index >= 15 is 0 Å². The number of anilines is 1. The zero-order valence-corrected chi connectivity index (χ0v) is 17.3. The summed E-state index contributed by atoms with van der Waals surface area (Å²) in [6.45, 7) is 1.27. The lowest BCUT2D eigenvalue weighted by molar-refractivity contribution is 0.0706. The Morgan fingerprint density at radius 1 is 1.07 bits per heavy atom. The molecule has 5 nitrogen and oxygen atoms in total. The van der Waals surface area contributed by atoms with Crippen LogP contribution >= 0.6 is 0 Å². The van der Waals surface area contributed by atoms with Crippen LogP contribution in [0.4, 0.5) is 10.3 Å². The van der Waals surface area contributed by atoms with E-state index in [0.29, 0.717) is 35.7 Å². The molecule has 1 saturated heterocycles. The van der Waals surface area contributed by atoms with Crippen LogP contribution < -0.4 is 4.90 Å². The Hall–Kier alpha value is -3.28. The number of hydrogen-bond donors (Lipinski definition) is 0. The van der Waals surface area contributed by atoms with E-state index < -0.39 is 0 Å². The highest BCUT2D eigenvalue weighted by atomic mass is 19.1. The van der Waals surface area contributed by atoms with E-state index in [9.17, 15) is 9.18 Å². The average Bonchev–Trinajstić information content (AvgIpc) is 2.79. The van der Waals surface area contributed by atoms with Crippen LogP contribution in [-0.4, -0.2) is 48.0 Å².